The maximum Gasteiger partial charge on any atom is 0.256 e. The average Bonchev–Trinajstić information content (AvgIpc) is 3.18. The first-order chi connectivity index (χ1) is 15.2. The molecular formula is C23H18F2N4O. The Morgan fingerprint density at radius 1 is 1.17 bits per heavy atom. The molecule has 150 valence electrons. The number of rotatable bonds is 3. The Morgan fingerprint density at radius 2 is 1.93 bits per heavy atom. The maximum atomic E-state index is 15.1. The zero-order valence-electron chi connectivity index (χ0n) is 18.3. The van der Waals surface area contributed by atoms with Gasteiger partial charge in [0.2, 0.25) is 0 Å². The minimum Gasteiger partial charge on any atom is -0.328 e. The molecule has 3 heterocycles. The molecule has 0 unspecified atom stereocenters. The first kappa shape index (κ1) is 16.2. The largest absolute Gasteiger partial charge is 0.328 e. The van der Waals surface area contributed by atoms with E-state index in [1.54, 1.807) is 11.7 Å². The van der Waals surface area contributed by atoms with Crippen LogP contribution in [0.1, 0.15) is 29.9 Å². The van der Waals surface area contributed by atoms with E-state index < -0.39 is 30.6 Å². The van der Waals surface area contributed by atoms with Crippen LogP contribution in [0.15, 0.2) is 48.8 Å². The number of carbonyl (C=O) groups excluding carboxylic acids is 1. The van der Waals surface area contributed by atoms with E-state index >= 15 is 8.78 Å². The Labute approximate surface area is 174 Å². The first-order valence-electron chi connectivity index (χ1n) is 10.4. The summed E-state index contributed by atoms with van der Waals surface area (Å²) in [7, 11) is 1.80. The zero-order valence-corrected chi connectivity index (χ0v) is 16.3. The lowest BCUT2D eigenvalue weighted by Crippen LogP contribution is -2.24. The van der Waals surface area contributed by atoms with Gasteiger partial charge in [0.1, 0.15) is 11.6 Å². The Kier molecular flexibility index (Phi) is 3.64. The molecule has 2 aromatic carbocycles. The van der Waals surface area contributed by atoms with Crippen molar-refractivity contribution in [2.45, 2.75) is 20.0 Å². The molecule has 1 aliphatic heterocycles. The Hall–Kier alpha value is -3.61. The van der Waals surface area contributed by atoms with Crippen LogP contribution in [0.4, 0.5) is 8.78 Å². The molecule has 0 atom stereocenters. The van der Waals surface area contributed by atoms with Crippen LogP contribution in [-0.4, -0.2) is 25.6 Å². The molecule has 4 aromatic rings. The van der Waals surface area contributed by atoms with Gasteiger partial charge in [-0.1, -0.05) is 0 Å². The van der Waals surface area contributed by atoms with E-state index in [1.165, 1.54) is 30.5 Å². The summed E-state index contributed by atoms with van der Waals surface area (Å²) >= 11 is 0. The van der Waals surface area contributed by atoms with Crippen LogP contribution in [0.2, 0.25) is 0 Å². The van der Waals surface area contributed by atoms with Crippen molar-refractivity contribution in [1.29, 1.82) is 0 Å². The molecule has 0 bridgehead atoms. The highest BCUT2D eigenvalue weighted by Crippen LogP contribution is 2.31. The molecule has 2 aromatic heterocycles. The number of hydrogen-bond acceptors (Lipinski definition) is 3. The highest BCUT2D eigenvalue weighted by atomic mass is 19.1. The van der Waals surface area contributed by atoms with Gasteiger partial charge in [0, 0.05) is 30.4 Å². The number of nitrogens with zero attached hydrogens (tertiary/aromatic N) is 4. The van der Waals surface area contributed by atoms with Gasteiger partial charge in [0.05, 0.1) is 32.6 Å². The monoisotopic (exact) mass is 406 g/mol. The van der Waals surface area contributed by atoms with Crippen molar-refractivity contribution in [3.63, 3.8) is 0 Å². The summed E-state index contributed by atoms with van der Waals surface area (Å²) in [6.07, 6.45) is 3.21. The third-order valence-corrected chi connectivity index (χ3v) is 5.26. The molecule has 0 spiro atoms. The van der Waals surface area contributed by atoms with E-state index in [4.69, 9.17) is 2.74 Å². The van der Waals surface area contributed by atoms with E-state index in [1.807, 2.05) is 25.3 Å². The third kappa shape index (κ3) is 2.94. The van der Waals surface area contributed by atoms with Crippen LogP contribution in [-0.2, 0) is 20.1 Å². The third-order valence-electron chi connectivity index (χ3n) is 5.26. The molecule has 0 aliphatic carbocycles. The van der Waals surface area contributed by atoms with Crippen molar-refractivity contribution in [2.75, 3.05) is 0 Å². The number of fused-ring (bicyclic) bond motifs is 2. The normalized spacial score (nSPS) is 16.0. The Bertz CT molecular complexity index is 1390. The van der Waals surface area contributed by atoms with E-state index in [0.29, 0.717) is 11.1 Å². The molecule has 0 saturated heterocycles. The number of aromatic nitrogens is 3. The topological polar surface area (TPSA) is 51.0 Å². The van der Waals surface area contributed by atoms with Gasteiger partial charge < -0.3 is 4.90 Å². The van der Waals surface area contributed by atoms with Crippen LogP contribution in [0, 0.1) is 18.6 Å². The van der Waals surface area contributed by atoms with Crippen molar-refractivity contribution >= 4 is 16.8 Å². The molecule has 0 fully saturated rings. The van der Waals surface area contributed by atoms with Gasteiger partial charge in [-0.15, -0.1) is 0 Å². The Balaban J connectivity index is 1.53. The highest BCUT2D eigenvalue weighted by Gasteiger charge is 2.29. The predicted molar refractivity (Wildman–Crippen MR) is 109 cm³/mol. The number of benzene rings is 2. The lowest BCUT2D eigenvalue weighted by atomic mass is 9.97. The molecule has 7 heteroatoms. The summed E-state index contributed by atoms with van der Waals surface area (Å²) in [5.74, 6) is -2.35. The number of hydrogen-bond donors (Lipinski definition) is 0. The SMILES string of the molecule is [2H]C1([2H])c2ncccc2C(=O)N1Cc1c(F)cc(-c2cc3cn(C)nc3cc2C)cc1F. The van der Waals surface area contributed by atoms with E-state index in [0.717, 1.165) is 21.4 Å². The maximum absolute atomic E-state index is 15.1. The molecule has 0 saturated carbocycles. The second-order valence-corrected chi connectivity index (χ2v) is 7.35. The average molecular weight is 406 g/mol. The summed E-state index contributed by atoms with van der Waals surface area (Å²) < 4.78 is 48.4. The van der Waals surface area contributed by atoms with Crippen LogP contribution >= 0.6 is 0 Å². The number of pyridine rings is 1. The van der Waals surface area contributed by atoms with E-state index in [9.17, 15) is 4.79 Å². The number of halogens is 2. The van der Waals surface area contributed by atoms with Crippen LogP contribution in [0.3, 0.4) is 0 Å². The second kappa shape index (κ2) is 6.73. The lowest BCUT2D eigenvalue weighted by molar-refractivity contribution is 0.0763. The van der Waals surface area contributed by atoms with Gasteiger partial charge >= 0.3 is 0 Å². The summed E-state index contributed by atoms with van der Waals surface area (Å²) in [5.41, 5.74) is 2.29. The second-order valence-electron chi connectivity index (χ2n) is 7.35. The van der Waals surface area contributed by atoms with Gasteiger partial charge in [0.15, 0.2) is 0 Å². The molecular weight excluding hydrogens is 386 g/mol. The Morgan fingerprint density at radius 3 is 2.67 bits per heavy atom. The summed E-state index contributed by atoms with van der Waals surface area (Å²) in [5, 5.41) is 5.19. The fourth-order valence-electron chi connectivity index (χ4n) is 3.78. The number of aryl methyl sites for hydroxylation is 2. The molecule has 5 nitrogen and oxygen atoms in total. The minimum atomic E-state index is -2.27. The smallest absolute Gasteiger partial charge is 0.256 e. The van der Waals surface area contributed by atoms with Crippen molar-refractivity contribution in [2.24, 2.45) is 7.05 Å². The highest BCUT2D eigenvalue weighted by molar-refractivity contribution is 5.97. The fraction of sp³-hybridized carbons (Fsp3) is 0.174. The van der Waals surface area contributed by atoms with Gasteiger partial charge in [-0.2, -0.15) is 5.10 Å². The van der Waals surface area contributed by atoms with E-state index in [2.05, 4.69) is 10.1 Å². The first-order valence-corrected chi connectivity index (χ1v) is 9.36. The molecule has 30 heavy (non-hydrogen) atoms. The standard InChI is InChI=1S/C23H18F2N4O/c1-13-6-21-15(10-28(2)27-21)7-17(13)14-8-19(24)18(20(25)9-14)11-29-12-22-16(23(29)30)4-3-5-26-22/h3-10H,11-12H2,1-2H3/i12D2. The predicted octanol–water partition coefficient (Wildman–Crippen LogP) is 4.38. The summed E-state index contributed by atoms with van der Waals surface area (Å²) in [4.78, 5) is 17.5. The number of carbonyl (C=O) groups is 1. The molecule has 1 amide bonds. The van der Waals surface area contributed by atoms with E-state index in [-0.39, 0.29) is 16.8 Å². The van der Waals surface area contributed by atoms with Gasteiger partial charge in [-0.3, -0.25) is 14.5 Å². The van der Waals surface area contributed by atoms with Crippen molar-refractivity contribution in [1.82, 2.24) is 19.7 Å². The van der Waals surface area contributed by atoms with Crippen molar-refractivity contribution in [3.8, 4) is 11.1 Å². The van der Waals surface area contributed by atoms with Crippen molar-refractivity contribution < 1.29 is 16.3 Å². The summed E-state index contributed by atoms with van der Waals surface area (Å²) in [6.45, 7) is -0.983. The quantitative estimate of drug-likeness (QED) is 0.507. The summed E-state index contributed by atoms with van der Waals surface area (Å²) in [6, 6.07) is 9.09. The molecule has 5 rings (SSSR count). The fourth-order valence-corrected chi connectivity index (χ4v) is 3.78. The zero-order chi connectivity index (χ0) is 22.8. The van der Waals surface area contributed by atoms with Crippen LogP contribution < -0.4 is 0 Å². The van der Waals surface area contributed by atoms with Crippen LogP contribution in [0.25, 0.3) is 22.0 Å². The number of amides is 1. The van der Waals surface area contributed by atoms with Crippen molar-refractivity contribution in [3.05, 3.63) is 82.8 Å². The van der Waals surface area contributed by atoms with Gasteiger partial charge in [-0.05, 0) is 60.0 Å². The van der Waals surface area contributed by atoms with Gasteiger partial charge in [0.25, 0.3) is 5.91 Å². The molecule has 0 radical (unpaired) electrons. The minimum absolute atomic E-state index is 0.0529. The van der Waals surface area contributed by atoms with Crippen LogP contribution in [0.5, 0.6) is 0 Å². The molecule has 1 aliphatic rings. The lowest BCUT2D eigenvalue weighted by Gasteiger charge is -2.17. The van der Waals surface area contributed by atoms with Gasteiger partial charge in [-0.25, -0.2) is 8.78 Å². The molecule has 0 N–H and O–H groups in total.